The Kier molecular flexibility index (Phi) is 5.54. The van der Waals surface area contributed by atoms with Crippen LogP contribution in [-0.2, 0) is 16.2 Å². The number of methoxy groups -OCH3 is 1. The van der Waals surface area contributed by atoms with Crippen molar-refractivity contribution in [3.8, 4) is 11.8 Å². The molecule has 2 heterocycles. The number of fused-ring (bicyclic) bond motifs is 2. The second-order valence-electron chi connectivity index (χ2n) is 8.35. The van der Waals surface area contributed by atoms with Crippen LogP contribution in [0.1, 0.15) is 32.6 Å². The third-order valence-electron chi connectivity index (χ3n) is 6.42. The molecule has 7 heteroatoms. The number of nitrogens with zero attached hydrogens (tertiary/aromatic N) is 3. The molecule has 0 bridgehead atoms. The number of carbonyl (C=O) groups excluding carboxylic acids is 2. The largest absolute Gasteiger partial charge is 0.497 e. The maximum absolute atomic E-state index is 14.2. The van der Waals surface area contributed by atoms with Crippen LogP contribution in [0.5, 0.6) is 5.75 Å². The maximum atomic E-state index is 14.2. The van der Waals surface area contributed by atoms with Crippen LogP contribution in [0.2, 0.25) is 0 Å². The number of anilines is 1. The number of benzene rings is 3. The molecular weight excluding hydrogens is 446 g/mol. The van der Waals surface area contributed by atoms with Gasteiger partial charge in [-0.15, -0.1) is 11.8 Å². The zero-order chi connectivity index (χ0) is 23.9. The number of hydrogen-bond donors (Lipinski definition) is 0. The van der Waals surface area contributed by atoms with Crippen LogP contribution in [0.15, 0.2) is 66.7 Å². The van der Waals surface area contributed by atoms with Crippen molar-refractivity contribution >= 4 is 29.3 Å². The number of aryl methyl sites for hydroxylation is 1. The fourth-order valence-corrected chi connectivity index (χ4v) is 6.21. The van der Waals surface area contributed by atoms with Gasteiger partial charge >= 0.3 is 0 Å². The van der Waals surface area contributed by atoms with Crippen molar-refractivity contribution in [2.45, 2.75) is 18.3 Å². The summed E-state index contributed by atoms with van der Waals surface area (Å²) in [6.07, 6.45) is 0. The Morgan fingerprint density at radius 1 is 1.15 bits per heavy atom. The first-order valence-electron chi connectivity index (χ1n) is 11.0. The number of amides is 2. The lowest BCUT2D eigenvalue weighted by atomic mass is 10.0. The van der Waals surface area contributed by atoms with Gasteiger partial charge in [0.05, 0.1) is 31.0 Å². The van der Waals surface area contributed by atoms with E-state index in [-0.39, 0.29) is 11.8 Å². The van der Waals surface area contributed by atoms with Crippen molar-refractivity contribution in [1.82, 2.24) is 4.90 Å². The van der Waals surface area contributed by atoms with Crippen molar-refractivity contribution in [2.24, 2.45) is 0 Å². The molecule has 2 amide bonds. The highest BCUT2D eigenvalue weighted by atomic mass is 32.2. The van der Waals surface area contributed by atoms with Gasteiger partial charge < -0.3 is 14.5 Å². The molecule has 0 aromatic heterocycles. The van der Waals surface area contributed by atoms with Gasteiger partial charge in [-0.05, 0) is 54.4 Å². The van der Waals surface area contributed by atoms with E-state index in [2.05, 4.69) is 6.07 Å². The van der Waals surface area contributed by atoms with Crippen LogP contribution >= 0.6 is 11.8 Å². The van der Waals surface area contributed by atoms with E-state index in [4.69, 9.17) is 4.74 Å². The van der Waals surface area contributed by atoms with Crippen LogP contribution in [0, 0.1) is 18.3 Å². The minimum Gasteiger partial charge on any atom is -0.497 e. The molecule has 170 valence electrons. The summed E-state index contributed by atoms with van der Waals surface area (Å²) in [7, 11) is 1.59. The molecule has 6 nitrogen and oxygen atoms in total. The van der Waals surface area contributed by atoms with E-state index < -0.39 is 4.87 Å². The van der Waals surface area contributed by atoms with Crippen molar-refractivity contribution in [3.05, 3.63) is 94.5 Å². The van der Waals surface area contributed by atoms with Gasteiger partial charge in [0, 0.05) is 23.4 Å². The van der Waals surface area contributed by atoms with Crippen molar-refractivity contribution in [3.63, 3.8) is 0 Å². The SMILES string of the molecule is COc1ccc2c(c1)C1(SCCN1C(=O)c1ccccc1C)C(=O)N2Cc1cccc(C#N)c1. The summed E-state index contributed by atoms with van der Waals surface area (Å²) in [5.41, 5.74) is 4.39. The highest BCUT2D eigenvalue weighted by Gasteiger charge is 2.59. The molecule has 1 saturated heterocycles. The Balaban J connectivity index is 1.62. The monoisotopic (exact) mass is 469 g/mol. The van der Waals surface area contributed by atoms with E-state index in [1.807, 2.05) is 61.5 Å². The molecule has 2 aliphatic rings. The highest BCUT2D eigenvalue weighted by molar-refractivity contribution is 8.01. The average Bonchev–Trinajstić information content (AvgIpc) is 3.41. The Hall–Kier alpha value is -3.76. The second-order valence-corrected chi connectivity index (χ2v) is 9.64. The topological polar surface area (TPSA) is 73.6 Å². The Labute approximate surface area is 202 Å². The summed E-state index contributed by atoms with van der Waals surface area (Å²) in [5, 5.41) is 9.29. The van der Waals surface area contributed by atoms with Gasteiger partial charge in [-0.1, -0.05) is 30.3 Å². The summed E-state index contributed by atoms with van der Waals surface area (Å²) in [6, 6.07) is 22.5. The zero-order valence-corrected chi connectivity index (χ0v) is 19.8. The highest BCUT2D eigenvalue weighted by Crippen LogP contribution is 2.55. The first-order chi connectivity index (χ1) is 16.5. The van der Waals surface area contributed by atoms with E-state index in [1.54, 1.807) is 29.0 Å². The molecule has 3 aromatic carbocycles. The summed E-state index contributed by atoms with van der Waals surface area (Å²) >= 11 is 1.49. The molecule has 1 atom stereocenters. The first kappa shape index (κ1) is 22.1. The van der Waals surface area contributed by atoms with Gasteiger partial charge in [0.1, 0.15) is 5.75 Å². The van der Waals surface area contributed by atoms with Gasteiger partial charge in [0.2, 0.25) is 0 Å². The Morgan fingerprint density at radius 3 is 2.74 bits per heavy atom. The van der Waals surface area contributed by atoms with Crippen LogP contribution in [0.25, 0.3) is 0 Å². The predicted molar refractivity (Wildman–Crippen MR) is 132 cm³/mol. The van der Waals surface area contributed by atoms with Crippen LogP contribution in [-0.4, -0.2) is 36.1 Å². The third-order valence-corrected chi connectivity index (χ3v) is 7.84. The van der Waals surface area contributed by atoms with Gasteiger partial charge in [-0.25, -0.2) is 0 Å². The molecule has 2 aliphatic heterocycles. The summed E-state index contributed by atoms with van der Waals surface area (Å²) in [5.74, 6) is 0.980. The molecule has 34 heavy (non-hydrogen) atoms. The predicted octanol–water partition coefficient (Wildman–Crippen LogP) is 4.46. The van der Waals surface area contributed by atoms with E-state index in [9.17, 15) is 14.9 Å². The number of thioether (sulfide) groups is 1. The Morgan fingerprint density at radius 2 is 1.97 bits per heavy atom. The van der Waals surface area contributed by atoms with Gasteiger partial charge in [-0.3, -0.25) is 9.59 Å². The molecule has 0 aliphatic carbocycles. The molecule has 1 fully saturated rings. The van der Waals surface area contributed by atoms with E-state index in [0.29, 0.717) is 35.7 Å². The minimum atomic E-state index is -1.16. The Bertz CT molecular complexity index is 1350. The fourth-order valence-electron chi connectivity index (χ4n) is 4.76. The van der Waals surface area contributed by atoms with Crippen molar-refractivity contribution < 1.29 is 14.3 Å². The van der Waals surface area contributed by atoms with E-state index >= 15 is 0 Å². The standard InChI is InChI=1S/C27H23N3O3S/c1-18-6-3-4-9-22(18)25(31)30-12-13-34-27(30)23-15-21(33-2)10-11-24(23)29(26(27)32)17-20-8-5-7-19(14-20)16-28/h3-11,14-15H,12-13,17H2,1-2H3. The number of ether oxygens (including phenoxy) is 1. The second kappa shape index (κ2) is 8.54. The first-order valence-corrected chi connectivity index (χ1v) is 12.0. The van der Waals surface area contributed by atoms with Crippen LogP contribution in [0.4, 0.5) is 5.69 Å². The maximum Gasteiger partial charge on any atom is 0.268 e. The van der Waals surface area contributed by atoms with E-state index in [1.165, 1.54) is 11.8 Å². The molecular formula is C27H23N3O3S. The van der Waals surface area contributed by atoms with Gasteiger partial charge in [-0.2, -0.15) is 5.26 Å². The number of carbonyl (C=O) groups is 2. The number of nitriles is 1. The van der Waals surface area contributed by atoms with Crippen LogP contribution in [0.3, 0.4) is 0 Å². The molecule has 1 unspecified atom stereocenters. The molecule has 0 N–H and O–H groups in total. The normalized spacial score (nSPS) is 18.8. The van der Waals surface area contributed by atoms with Crippen LogP contribution < -0.4 is 9.64 Å². The summed E-state index contributed by atoms with van der Waals surface area (Å²) < 4.78 is 5.48. The lowest BCUT2D eigenvalue weighted by Gasteiger charge is -2.33. The van der Waals surface area contributed by atoms with Crippen molar-refractivity contribution in [2.75, 3.05) is 24.3 Å². The molecule has 5 rings (SSSR count). The third kappa shape index (κ3) is 3.34. The zero-order valence-electron chi connectivity index (χ0n) is 18.9. The summed E-state index contributed by atoms with van der Waals surface area (Å²) in [4.78, 5) is 30.2. The van der Waals surface area contributed by atoms with E-state index in [0.717, 1.165) is 22.4 Å². The molecule has 1 spiro atoms. The van der Waals surface area contributed by atoms with Crippen molar-refractivity contribution in [1.29, 1.82) is 5.26 Å². The molecule has 3 aromatic rings. The fraction of sp³-hybridized carbons (Fsp3) is 0.222. The quantitative estimate of drug-likeness (QED) is 0.564. The lowest BCUT2D eigenvalue weighted by molar-refractivity contribution is -0.123. The van der Waals surface area contributed by atoms with Gasteiger partial charge in [0.15, 0.2) is 4.87 Å². The number of rotatable bonds is 4. The minimum absolute atomic E-state index is 0.150. The smallest absolute Gasteiger partial charge is 0.268 e. The average molecular weight is 470 g/mol. The lowest BCUT2D eigenvalue weighted by Crippen LogP contribution is -2.50. The number of hydrogen-bond acceptors (Lipinski definition) is 5. The van der Waals surface area contributed by atoms with Gasteiger partial charge in [0.25, 0.3) is 11.8 Å². The summed E-state index contributed by atoms with van der Waals surface area (Å²) in [6.45, 7) is 2.69. The molecule has 0 saturated carbocycles. The molecule has 0 radical (unpaired) electrons.